The van der Waals surface area contributed by atoms with E-state index in [0.29, 0.717) is 16.4 Å². The molecule has 10 heteroatoms. The van der Waals surface area contributed by atoms with Crippen LogP contribution in [0.3, 0.4) is 0 Å². The van der Waals surface area contributed by atoms with Crippen LogP contribution in [0.25, 0.3) is 10.2 Å². The molecule has 1 aliphatic rings. The summed E-state index contributed by atoms with van der Waals surface area (Å²) in [6.07, 6.45) is -0.339. The Morgan fingerprint density at radius 1 is 1.28 bits per heavy atom. The Morgan fingerprint density at radius 3 is 2.72 bits per heavy atom. The first-order valence-electron chi connectivity index (χ1n) is 8.48. The molecule has 0 spiro atoms. The number of aromatic nitrogens is 1. The van der Waals surface area contributed by atoms with E-state index in [4.69, 9.17) is 9.84 Å². The molecular formula is C19H14F2N2O4S2. The average molecular weight is 436 g/mol. The van der Waals surface area contributed by atoms with Crippen molar-refractivity contribution in [2.45, 2.75) is 23.1 Å². The van der Waals surface area contributed by atoms with Crippen molar-refractivity contribution in [3.05, 3.63) is 47.0 Å². The summed E-state index contributed by atoms with van der Waals surface area (Å²) in [4.78, 5) is 30.5. The second-order valence-corrected chi connectivity index (χ2v) is 8.61. The van der Waals surface area contributed by atoms with Gasteiger partial charge in [0, 0.05) is 11.0 Å². The Labute approximate surface area is 172 Å². The normalized spacial score (nSPS) is 16.2. The average Bonchev–Trinajstić information content (AvgIpc) is 3.12. The van der Waals surface area contributed by atoms with Gasteiger partial charge in [0.05, 0.1) is 35.7 Å². The topological polar surface area (TPSA) is 79.7 Å². The lowest BCUT2D eigenvalue weighted by Crippen LogP contribution is -2.41. The number of carbonyl (C=O) groups excluding carboxylic acids is 1. The molecule has 4 rings (SSSR count). The maximum atomic E-state index is 14.0. The van der Waals surface area contributed by atoms with Crippen LogP contribution >= 0.6 is 23.1 Å². The summed E-state index contributed by atoms with van der Waals surface area (Å²) in [5.74, 6) is -2.19. The number of hydrogen-bond acceptors (Lipinski definition) is 6. The number of thiazole rings is 1. The predicted octanol–water partition coefficient (Wildman–Crippen LogP) is 4.07. The third kappa shape index (κ3) is 3.65. The summed E-state index contributed by atoms with van der Waals surface area (Å²) in [5, 5.41) is 8.68. The summed E-state index contributed by atoms with van der Waals surface area (Å²) >= 11 is 2.13. The number of nitrogens with zero attached hydrogens (tertiary/aromatic N) is 2. The Balaban J connectivity index is 1.76. The lowest BCUT2D eigenvalue weighted by atomic mass is 10.2. The van der Waals surface area contributed by atoms with Crippen LogP contribution in [0, 0.1) is 11.6 Å². The number of aliphatic carboxylic acids is 1. The Hall–Kier alpha value is -2.72. The van der Waals surface area contributed by atoms with Gasteiger partial charge in [-0.05, 0) is 24.3 Å². The van der Waals surface area contributed by atoms with E-state index in [9.17, 15) is 18.4 Å². The summed E-state index contributed by atoms with van der Waals surface area (Å²) in [5.41, 5.74) is 0.456. The Bertz CT molecular complexity index is 1100. The van der Waals surface area contributed by atoms with E-state index in [0.717, 1.165) is 28.4 Å². The second-order valence-electron chi connectivity index (χ2n) is 6.28. The van der Waals surface area contributed by atoms with Crippen molar-refractivity contribution in [2.75, 3.05) is 12.0 Å². The molecule has 150 valence electrons. The fraction of sp³-hybridized carbons (Fsp3) is 0.211. The van der Waals surface area contributed by atoms with Gasteiger partial charge in [0.25, 0.3) is 0 Å². The molecule has 1 N–H and O–H groups in total. The van der Waals surface area contributed by atoms with Gasteiger partial charge in [-0.2, -0.15) is 0 Å². The van der Waals surface area contributed by atoms with Gasteiger partial charge >= 0.3 is 5.97 Å². The monoisotopic (exact) mass is 436 g/mol. The summed E-state index contributed by atoms with van der Waals surface area (Å²) in [6.45, 7) is -0.0338. The van der Waals surface area contributed by atoms with Crippen molar-refractivity contribution in [2.24, 2.45) is 0 Å². The van der Waals surface area contributed by atoms with Crippen molar-refractivity contribution < 1.29 is 28.2 Å². The number of hydrogen-bond donors (Lipinski definition) is 1. The number of ether oxygens (including phenoxy) is 1. The predicted molar refractivity (Wildman–Crippen MR) is 106 cm³/mol. The van der Waals surface area contributed by atoms with Crippen molar-refractivity contribution in [1.29, 1.82) is 0 Å². The standard InChI is InChI=1S/C19H14F2N2O4S2/c1-27-9-2-5-13-12(6-9)23(19(26)14(28-13)7-16(24)25)8-15-22-17-10(20)3-4-11(21)18(17)29-15/h2-6,14H,7-8H2,1H3,(H,24,25). The number of anilines is 1. The summed E-state index contributed by atoms with van der Waals surface area (Å²) in [7, 11) is 1.50. The van der Waals surface area contributed by atoms with E-state index in [-0.39, 0.29) is 23.2 Å². The molecule has 0 saturated heterocycles. The van der Waals surface area contributed by atoms with Crippen LogP contribution in [0.1, 0.15) is 11.4 Å². The molecule has 1 aromatic heterocycles. The highest BCUT2D eigenvalue weighted by Gasteiger charge is 2.36. The quantitative estimate of drug-likeness (QED) is 0.650. The summed E-state index contributed by atoms with van der Waals surface area (Å²) in [6, 6.07) is 7.19. The van der Waals surface area contributed by atoms with Crippen molar-refractivity contribution >= 4 is 50.9 Å². The van der Waals surface area contributed by atoms with E-state index >= 15 is 0 Å². The molecule has 1 amide bonds. The van der Waals surface area contributed by atoms with Crippen LogP contribution < -0.4 is 9.64 Å². The van der Waals surface area contributed by atoms with Crippen LogP contribution in [-0.4, -0.2) is 34.3 Å². The highest BCUT2D eigenvalue weighted by molar-refractivity contribution is 8.01. The molecule has 6 nitrogen and oxygen atoms in total. The molecule has 0 aliphatic carbocycles. The lowest BCUT2D eigenvalue weighted by molar-refractivity contribution is -0.138. The number of methoxy groups -OCH3 is 1. The first kappa shape index (κ1) is 19.6. The zero-order valence-corrected chi connectivity index (χ0v) is 16.7. The van der Waals surface area contributed by atoms with Gasteiger partial charge in [-0.1, -0.05) is 0 Å². The zero-order valence-electron chi connectivity index (χ0n) is 15.0. The molecule has 1 aliphatic heterocycles. The molecule has 0 radical (unpaired) electrons. The van der Waals surface area contributed by atoms with Crippen LogP contribution in [0.15, 0.2) is 35.2 Å². The molecule has 3 aromatic rings. The van der Waals surface area contributed by atoms with Crippen molar-refractivity contribution in [3.63, 3.8) is 0 Å². The number of carbonyl (C=O) groups is 2. The second kappa shape index (κ2) is 7.60. The molecule has 2 aromatic carbocycles. The van der Waals surface area contributed by atoms with E-state index in [1.165, 1.54) is 23.8 Å². The number of halogens is 2. The van der Waals surface area contributed by atoms with Gasteiger partial charge < -0.3 is 14.7 Å². The van der Waals surface area contributed by atoms with Gasteiger partial charge in [-0.3, -0.25) is 9.59 Å². The van der Waals surface area contributed by atoms with Crippen LogP contribution in [0.5, 0.6) is 5.75 Å². The fourth-order valence-electron chi connectivity index (χ4n) is 3.07. The molecule has 29 heavy (non-hydrogen) atoms. The third-order valence-corrected chi connectivity index (χ3v) is 6.71. The maximum Gasteiger partial charge on any atom is 0.305 e. The highest BCUT2D eigenvalue weighted by atomic mass is 32.2. The molecule has 2 heterocycles. The zero-order chi connectivity index (χ0) is 20.7. The molecule has 0 saturated carbocycles. The van der Waals surface area contributed by atoms with Gasteiger partial charge in [0.15, 0.2) is 5.82 Å². The van der Waals surface area contributed by atoms with E-state index in [1.54, 1.807) is 18.2 Å². The SMILES string of the molecule is COc1ccc2c(c1)N(Cc1nc3c(F)ccc(F)c3s1)C(=O)C(CC(=O)O)S2. The minimum absolute atomic E-state index is 0.0338. The lowest BCUT2D eigenvalue weighted by Gasteiger charge is -2.33. The minimum Gasteiger partial charge on any atom is -0.497 e. The number of benzene rings is 2. The summed E-state index contributed by atoms with van der Waals surface area (Å²) < 4.78 is 33.3. The molecule has 1 atom stereocenters. The first-order valence-corrected chi connectivity index (χ1v) is 10.2. The smallest absolute Gasteiger partial charge is 0.305 e. The number of carboxylic acids is 1. The number of amides is 1. The number of carboxylic acid groups (broad SMARTS) is 1. The highest BCUT2D eigenvalue weighted by Crippen LogP contribution is 2.43. The molecule has 1 unspecified atom stereocenters. The Kier molecular flexibility index (Phi) is 5.13. The fourth-order valence-corrected chi connectivity index (χ4v) is 5.24. The maximum absolute atomic E-state index is 14.0. The van der Waals surface area contributed by atoms with Crippen LogP contribution in [-0.2, 0) is 16.1 Å². The van der Waals surface area contributed by atoms with E-state index in [1.807, 2.05) is 0 Å². The van der Waals surface area contributed by atoms with Crippen molar-refractivity contribution in [3.8, 4) is 5.75 Å². The van der Waals surface area contributed by atoms with Crippen LogP contribution in [0.4, 0.5) is 14.5 Å². The van der Waals surface area contributed by atoms with Crippen LogP contribution in [0.2, 0.25) is 0 Å². The van der Waals surface area contributed by atoms with Gasteiger partial charge in [0.1, 0.15) is 22.1 Å². The third-order valence-electron chi connectivity index (χ3n) is 4.41. The van der Waals surface area contributed by atoms with Gasteiger partial charge in [0.2, 0.25) is 5.91 Å². The molecular weight excluding hydrogens is 422 g/mol. The number of thioether (sulfide) groups is 1. The molecule has 0 fully saturated rings. The van der Waals surface area contributed by atoms with Crippen molar-refractivity contribution in [1.82, 2.24) is 4.98 Å². The number of rotatable bonds is 5. The van der Waals surface area contributed by atoms with E-state index < -0.39 is 28.8 Å². The number of fused-ring (bicyclic) bond motifs is 2. The first-order chi connectivity index (χ1) is 13.9. The van der Waals surface area contributed by atoms with Gasteiger partial charge in [-0.15, -0.1) is 23.1 Å². The largest absolute Gasteiger partial charge is 0.497 e. The van der Waals surface area contributed by atoms with E-state index in [2.05, 4.69) is 4.98 Å². The van der Waals surface area contributed by atoms with Gasteiger partial charge in [-0.25, -0.2) is 13.8 Å². The minimum atomic E-state index is -1.09. The molecule has 0 bridgehead atoms. The Morgan fingerprint density at radius 2 is 2.03 bits per heavy atom.